The third-order valence-electron chi connectivity index (χ3n) is 5.40. The first kappa shape index (κ1) is 21.3. The van der Waals surface area contributed by atoms with E-state index in [1.165, 1.54) is 5.56 Å². The third kappa shape index (κ3) is 5.62. The predicted molar refractivity (Wildman–Crippen MR) is 123 cm³/mol. The van der Waals surface area contributed by atoms with Crippen molar-refractivity contribution in [3.63, 3.8) is 0 Å². The summed E-state index contributed by atoms with van der Waals surface area (Å²) in [5, 5.41) is 3.19. The number of rotatable bonds is 7. The molecular formula is C24H27N3O3S. The molecule has 7 heteroatoms. The van der Waals surface area contributed by atoms with E-state index in [0.29, 0.717) is 13.1 Å². The number of thiazole rings is 1. The summed E-state index contributed by atoms with van der Waals surface area (Å²) in [7, 11) is 1.67. The molecule has 0 radical (unpaired) electrons. The van der Waals surface area contributed by atoms with E-state index in [9.17, 15) is 4.79 Å². The van der Waals surface area contributed by atoms with Crippen LogP contribution in [0.25, 0.3) is 11.3 Å². The Morgan fingerprint density at radius 3 is 2.35 bits per heavy atom. The fourth-order valence-corrected chi connectivity index (χ4v) is 4.34. The number of ether oxygens (including phenoxy) is 2. The van der Waals surface area contributed by atoms with Crippen molar-refractivity contribution in [3.05, 3.63) is 64.5 Å². The van der Waals surface area contributed by atoms with Crippen molar-refractivity contribution >= 4 is 17.2 Å². The quantitative estimate of drug-likeness (QED) is 0.562. The van der Waals surface area contributed by atoms with Gasteiger partial charge < -0.3 is 14.4 Å². The summed E-state index contributed by atoms with van der Waals surface area (Å²) < 4.78 is 10.9. The van der Waals surface area contributed by atoms with Crippen LogP contribution < -0.4 is 9.47 Å². The molecule has 31 heavy (non-hydrogen) atoms. The lowest BCUT2D eigenvalue weighted by Gasteiger charge is -2.34. The lowest BCUT2D eigenvalue weighted by Crippen LogP contribution is -2.49. The molecule has 1 aliphatic rings. The van der Waals surface area contributed by atoms with E-state index in [0.717, 1.165) is 47.4 Å². The molecule has 2 aromatic carbocycles. The molecule has 0 saturated carbocycles. The monoisotopic (exact) mass is 437 g/mol. The number of benzene rings is 2. The Labute approximate surface area is 187 Å². The summed E-state index contributed by atoms with van der Waals surface area (Å²) in [5.74, 6) is 1.61. The van der Waals surface area contributed by atoms with Crippen LogP contribution in [-0.2, 0) is 11.3 Å². The van der Waals surface area contributed by atoms with E-state index < -0.39 is 0 Å². The SMILES string of the molecule is COc1ccc(-c2csc(CN3CCN(C(=O)COc4ccc(C)cc4)CC3)n2)cc1. The van der Waals surface area contributed by atoms with Crippen LogP contribution in [0, 0.1) is 6.92 Å². The minimum absolute atomic E-state index is 0.0382. The Morgan fingerprint density at radius 1 is 1.00 bits per heavy atom. The first-order chi connectivity index (χ1) is 15.1. The molecule has 6 nitrogen and oxygen atoms in total. The minimum Gasteiger partial charge on any atom is -0.497 e. The maximum atomic E-state index is 12.5. The van der Waals surface area contributed by atoms with Crippen LogP contribution in [0.1, 0.15) is 10.6 Å². The van der Waals surface area contributed by atoms with Crippen LogP contribution in [-0.4, -0.2) is 60.6 Å². The zero-order valence-electron chi connectivity index (χ0n) is 17.9. The molecule has 0 N–H and O–H groups in total. The van der Waals surface area contributed by atoms with Crippen molar-refractivity contribution in [1.29, 1.82) is 0 Å². The van der Waals surface area contributed by atoms with E-state index in [4.69, 9.17) is 14.5 Å². The minimum atomic E-state index is 0.0382. The van der Waals surface area contributed by atoms with Gasteiger partial charge >= 0.3 is 0 Å². The molecular weight excluding hydrogens is 410 g/mol. The smallest absolute Gasteiger partial charge is 0.260 e. The number of amides is 1. The van der Waals surface area contributed by atoms with Gasteiger partial charge in [-0.25, -0.2) is 4.98 Å². The predicted octanol–water partition coefficient (Wildman–Crippen LogP) is 3.85. The summed E-state index contributed by atoms with van der Waals surface area (Å²) in [5.41, 5.74) is 3.25. The number of carbonyl (C=O) groups excluding carboxylic acids is 1. The number of hydrogen-bond acceptors (Lipinski definition) is 6. The molecule has 1 aromatic heterocycles. The Hall–Kier alpha value is -2.90. The molecule has 1 amide bonds. The van der Waals surface area contributed by atoms with Crippen molar-refractivity contribution in [1.82, 2.24) is 14.8 Å². The van der Waals surface area contributed by atoms with Gasteiger partial charge in [0.05, 0.1) is 19.3 Å². The summed E-state index contributed by atoms with van der Waals surface area (Å²) >= 11 is 1.68. The maximum absolute atomic E-state index is 12.5. The highest BCUT2D eigenvalue weighted by molar-refractivity contribution is 7.09. The van der Waals surface area contributed by atoms with Crippen molar-refractivity contribution < 1.29 is 14.3 Å². The van der Waals surface area contributed by atoms with Gasteiger partial charge in [0, 0.05) is 37.1 Å². The molecule has 0 spiro atoms. The van der Waals surface area contributed by atoms with E-state index in [1.54, 1.807) is 18.4 Å². The molecule has 1 aliphatic heterocycles. The van der Waals surface area contributed by atoms with Crippen LogP contribution in [0.2, 0.25) is 0 Å². The van der Waals surface area contributed by atoms with Crippen LogP contribution in [0.3, 0.4) is 0 Å². The summed E-state index contributed by atoms with van der Waals surface area (Å²) in [6.45, 7) is 6.03. The molecule has 1 saturated heterocycles. The largest absolute Gasteiger partial charge is 0.497 e. The number of aryl methyl sites for hydroxylation is 1. The molecule has 0 unspecified atom stereocenters. The zero-order chi connectivity index (χ0) is 21.6. The Balaban J connectivity index is 1.24. The topological polar surface area (TPSA) is 54.9 Å². The summed E-state index contributed by atoms with van der Waals surface area (Å²) in [4.78, 5) is 21.5. The average Bonchev–Trinajstić information content (AvgIpc) is 3.27. The van der Waals surface area contributed by atoms with Gasteiger partial charge in [0.1, 0.15) is 16.5 Å². The Kier molecular flexibility index (Phi) is 6.84. The molecule has 0 bridgehead atoms. The van der Waals surface area contributed by atoms with Gasteiger partial charge in [0.15, 0.2) is 6.61 Å². The summed E-state index contributed by atoms with van der Waals surface area (Å²) in [6, 6.07) is 15.7. The van der Waals surface area contributed by atoms with Gasteiger partial charge in [0.2, 0.25) is 0 Å². The van der Waals surface area contributed by atoms with Gasteiger partial charge in [-0.2, -0.15) is 0 Å². The normalized spacial score (nSPS) is 14.5. The molecule has 2 heterocycles. The van der Waals surface area contributed by atoms with Crippen molar-refractivity contribution in [2.45, 2.75) is 13.5 Å². The standard InChI is InChI=1S/C24H27N3O3S/c1-18-3-7-21(8-4-18)30-16-24(28)27-13-11-26(12-14-27)15-23-25-22(17-31-23)19-5-9-20(29-2)10-6-19/h3-10,17H,11-16H2,1-2H3. The van der Waals surface area contributed by atoms with Crippen LogP contribution >= 0.6 is 11.3 Å². The van der Waals surface area contributed by atoms with Crippen molar-refractivity contribution in [2.75, 3.05) is 39.9 Å². The second kappa shape index (κ2) is 9.94. The second-order valence-corrected chi connectivity index (χ2v) is 8.56. The van der Waals surface area contributed by atoms with Gasteiger partial charge in [-0.05, 0) is 43.3 Å². The van der Waals surface area contributed by atoms with Crippen molar-refractivity contribution in [2.24, 2.45) is 0 Å². The van der Waals surface area contributed by atoms with Crippen molar-refractivity contribution in [3.8, 4) is 22.8 Å². The second-order valence-electron chi connectivity index (χ2n) is 7.61. The van der Waals surface area contributed by atoms with E-state index >= 15 is 0 Å². The first-order valence-electron chi connectivity index (χ1n) is 10.4. The van der Waals surface area contributed by atoms with E-state index in [1.807, 2.05) is 60.4 Å². The number of carbonyl (C=O) groups is 1. The fourth-order valence-electron chi connectivity index (χ4n) is 3.50. The lowest BCUT2D eigenvalue weighted by molar-refractivity contribution is -0.135. The summed E-state index contributed by atoms with van der Waals surface area (Å²) in [6.07, 6.45) is 0. The van der Waals surface area contributed by atoms with Crippen LogP contribution in [0.15, 0.2) is 53.9 Å². The molecule has 1 fully saturated rings. The maximum Gasteiger partial charge on any atom is 0.260 e. The molecule has 3 aromatic rings. The van der Waals surface area contributed by atoms with Gasteiger partial charge in [0.25, 0.3) is 5.91 Å². The number of nitrogens with zero attached hydrogens (tertiary/aromatic N) is 3. The lowest BCUT2D eigenvalue weighted by atomic mass is 10.2. The van der Waals surface area contributed by atoms with Crippen LogP contribution in [0.5, 0.6) is 11.5 Å². The third-order valence-corrected chi connectivity index (χ3v) is 6.24. The van der Waals surface area contributed by atoms with Gasteiger partial charge in [-0.3, -0.25) is 9.69 Å². The highest BCUT2D eigenvalue weighted by atomic mass is 32.1. The number of aromatic nitrogens is 1. The molecule has 4 rings (SSSR count). The molecule has 0 atom stereocenters. The van der Waals surface area contributed by atoms with Gasteiger partial charge in [-0.15, -0.1) is 11.3 Å². The Bertz CT molecular complexity index is 994. The van der Waals surface area contributed by atoms with E-state index in [2.05, 4.69) is 10.3 Å². The van der Waals surface area contributed by atoms with E-state index in [-0.39, 0.29) is 12.5 Å². The highest BCUT2D eigenvalue weighted by Crippen LogP contribution is 2.25. The van der Waals surface area contributed by atoms with Crippen LogP contribution in [0.4, 0.5) is 0 Å². The molecule has 0 aliphatic carbocycles. The fraction of sp³-hybridized carbons (Fsp3) is 0.333. The molecule has 162 valence electrons. The number of hydrogen-bond donors (Lipinski definition) is 0. The zero-order valence-corrected chi connectivity index (χ0v) is 18.7. The van der Waals surface area contributed by atoms with Gasteiger partial charge in [-0.1, -0.05) is 17.7 Å². The highest BCUT2D eigenvalue weighted by Gasteiger charge is 2.22. The Morgan fingerprint density at radius 2 is 1.68 bits per heavy atom. The number of methoxy groups -OCH3 is 1. The first-order valence-corrected chi connectivity index (χ1v) is 11.3. The average molecular weight is 438 g/mol. The number of piperazine rings is 1.